The lowest BCUT2D eigenvalue weighted by atomic mass is 10.1. The van der Waals surface area contributed by atoms with Gasteiger partial charge in [-0.2, -0.15) is 0 Å². The van der Waals surface area contributed by atoms with Crippen LogP contribution in [0.25, 0.3) is 0 Å². The number of carbonyl (C=O) groups excluding carboxylic acids is 1. The molecule has 2 N–H and O–H groups in total. The van der Waals surface area contributed by atoms with Crippen LogP contribution in [0.15, 0.2) is 35.7 Å². The molecule has 0 aliphatic heterocycles. The van der Waals surface area contributed by atoms with Crippen LogP contribution >= 0.6 is 11.3 Å². The molecule has 0 aliphatic carbocycles. The molecule has 1 unspecified atom stereocenters. The van der Waals surface area contributed by atoms with Crippen LogP contribution in [0.5, 0.6) is 0 Å². The Labute approximate surface area is 125 Å². The molecule has 0 fully saturated rings. The molecule has 1 amide bonds. The van der Waals surface area contributed by atoms with Gasteiger partial charge in [-0.15, -0.1) is 11.3 Å². The second kappa shape index (κ2) is 6.47. The Bertz CT molecular complexity index is 655. The minimum Gasteiger partial charge on any atom is -0.386 e. The second-order valence-corrected chi connectivity index (χ2v) is 5.48. The van der Waals surface area contributed by atoms with Crippen molar-refractivity contribution in [3.8, 4) is 0 Å². The van der Waals surface area contributed by atoms with Gasteiger partial charge in [0.25, 0.3) is 11.6 Å². The Hall–Kier alpha value is -2.25. The fourth-order valence-corrected chi connectivity index (χ4v) is 2.53. The molecule has 110 valence electrons. The van der Waals surface area contributed by atoms with Gasteiger partial charge in [-0.05, 0) is 24.4 Å². The fourth-order valence-electron chi connectivity index (χ4n) is 1.82. The summed E-state index contributed by atoms with van der Waals surface area (Å²) in [5.74, 6) is -0.450. The number of aliphatic hydroxyl groups excluding tert-OH is 1. The fraction of sp³-hybridized carbons (Fsp3) is 0.214. The Morgan fingerprint density at radius 2 is 2.24 bits per heavy atom. The molecule has 21 heavy (non-hydrogen) atoms. The molecular weight excluding hydrogens is 292 g/mol. The van der Waals surface area contributed by atoms with Crippen molar-refractivity contribution >= 4 is 22.9 Å². The van der Waals surface area contributed by atoms with Crippen LogP contribution in [-0.4, -0.2) is 22.5 Å². The third kappa shape index (κ3) is 3.65. The normalized spacial score (nSPS) is 11.9. The molecule has 0 spiro atoms. The van der Waals surface area contributed by atoms with E-state index in [1.54, 1.807) is 13.0 Å². The molecular formula is C14H14N2O4S. The van der Waals surface area contributed by atoms with Crippen LogP contribution < -0.4 is 5.32 Å². The van der Waals surface area contributed by atoms with Gasteiger partial charge in [0.1, 0.15) is 6.10 Å². The van der Waals surface area contributed by atoms with Gasteiger partial charge in [0.2, 0.25) is 0 Å². The van der Waals surface area contributed by atoms with E-state index < -0.39 is 16.9 Å². The van der Waals surface area contributed by atoms with Crippen molar-refractivity contribution in [2.24, 2.45) is 0 Å². The van der Waals surface area contributed by atoms with Gasteiger partial charge in [-0.1, -0.05) is 12.1 Å². The maximum atomic E-state index is 12.0. The van der Waals surface area contributed by atoms with Crippen LogP contribution in [0, 0.1) is 17.0 Å². The highest BCUT2D eigenvalue weighted by atomic mass is 32.1. The lowest BCUT2D eigenvalue weighted by molar-refractivity contribution is -0.385. The molecule has 0 saturated heterocycles. The number of hydrogen-bond donors (Lipinski definition) is 2. The summed E-state index contributed by atoms with van der Waals surface area (Å²) in [6.07, 6.45) is -0.783. The van der Waals surface area contributed by atoms with Gasteiger partial charge in [0.05, 0.1) is 4.92 Å². The highest BCUT2D eigenvalue weighted by Gasteiger charge is 2.16. The molecule has 0 aliphatic rings. The van der Waals surface area contributed by atoms with Crippen molar-refractivity contribution in [3.05, 3.63) is 61.8 Å². The molecule has 1 aromatic heterocycles. The van der Waals surface area contributed by atoms with Gasteiger partial charge < -0.3 is 10.4 Å². The summed E-state index contributed by atoms with van der Waals surface area (Å²) in [6.45, 7) is 1.67. The quantitative estimate of drug-likeness (QED) is 0.655. The van der Waals surface area contributed by atoms with Crippen molar-refractivity contribution in [1.82, 2.24) is 5.32 Å². The number of hydrogen-bond acceptors (Lipinski definition) is 5. The zero-order valence-electron chi connectivity index (χ0n) is 11.3. The van der Waals surface area contributed by atoms with E-state index in [4.69, 9.17) is 0 Å². The molecule has 7 heteroatoms. The number of nitro groups is 1. The molecule has 1 heterocycles. The van der Waals surface area contributed by atoms with E-state index in [0.29, 0.717) is 5.56 Å². The van der Waals surface area contributed by atoms with Crippen molar-refractivity contribution < 1.29 is 14.8 Å². The average Bonchev–Trinajstić information content (AvgIpc) is 2.98. The number of benzene rings is 1. The number of nitrogens with one attached hydrogen (secondary N) is 1. The summed E-state index contributed by atoms with van der Waals surface area (Å²) in [4.78, 5) is 23.1. The zero-order valence-corrected chi connectivity index (χ0v) is 12.1. The van der Waals surface area contributed by atoms with Gasteiger partial charge in [0.15, 0.2) is 0 Å². The molecule has 6 nitrogen and oxygen atoms in total. The molecule has 2 rings (SSSR count). The first-order chi connectivity index (χ1) is 9.99. The standard InChI is InChI=1S/C14H14N2O4S/c1-9-4-5-10(7-11(9)16(19)20)14(18)15-8-12(17)13-3-2-6-21-13/h2-7,12,17H,8H2,1H3,(H,15,18). The second-order valence-electron chi connectivity index (χ2n) is 4.50. The van der Waals surface area contributed by atoms with Gasteiger partial charge >= 0.3 is 0 Å². The zero-order chi connectivity index (χ0) is 15.4. The molecule has 0 radical (unpaired) electrons. The van der Waals surface area contributed by atoms with Crippen LogP contribution in [0.3, 0.4) is 0 Å². The number of aliphatic hydroxyl groups is 1. The predicted molar refractivity (Wildman–Crippen MR) is 79.4 cm³/mol. The topological polar surface area (TPSA) is 92.5 Å². The summed E-state index contributed by atoms with van der Waals surface area (Å²) in [5.41, 5.74) is 0.599. The monoisotopic (exact) mass is 306 g/mol. The number of thiophene rings is 1. The summed E-state index contributed by atoms with van der Waals surface area (Å²) in [5, 5.41) is 25.1. The Morgan fingerprint density at radius 3 is 2.86 bits per heavy atom. The van der Waals surface area contributed by atoms with E-state index in [9.17, 15) is 20.0 Å². The van der Waals surface area contributed by atoms with Gasteiger partial charge in [0, 0.05) is 28.6 Å². The van der Waals surface area contributed by atoms with E-state index in [2.05, 4.69) is 5.32 Å². The van der Waals surface area contributed by atoms with E-state index in [1.807, 2.05) is 11.4 Å². The number of amides is 1. The van der Waals surface area contributed by atoms with Crippen molar-refractivity contribution in [3.63, 3.8) is 0 Å². The van der Waals surface area contributed by atoms with Crippen LogP contribution in [0.4, 0.5) is 5.69 Å². The average molecular weight is 306 g/mol. The lowest BCUT2D eigenvalue weighted by Crippen LogP contribution is -2.28. The summed E-state index contributed by atoms with van der Waals surface area (Å²) >= 11 is 1.40. The number of nitrogens with zero attached hydrogens (tertiary/aromatic N) is 1. The van der Waals surface area contributed by atoms with Crippen molar-refractivity contribution in [2.75, 3.05) is 6.54 Å². The molecule has 2 aromatic rings. The Kier molecular flexibility index (Phi) is 4.66. The van der Waals surface area contributed by atoms with Crippen LogP contribution in [0.1, 0.15) is 26.9 Å². The van der Waals surface area contributed by atoms with Crippen molar-refractivity contribution in [1.29, 1.82) is 0 Å². The maximum absolute atomic E-state index is 12.0. The van der Waals surface area contributed by atoms with Crippen LogP contribution in [0.2, 0.25) is 0 Å². The lowest BCUT2D eigenvalue weighted by Gasteiger charge is -2.10. The van der Waals surface area contributed by atoms with Gasteiger partial charge in [-0.25, -0.2) is 0 Å². The first kappa shape index (κ1) is 15.1. The van der Waals surface area contributed by atoms with Gasteiger partial charge in [-0.3, -0.25) is 14.9 Å². The first-order valence-corrected chi connectivity index (χ1v) is 7.11. The van der Waals surface area contributed by atoms with Crippen molar-refractivity contribution in [2.45, 2.75) is 13.0 Å². The first-order valence-electron chi connectivity index (χ1n) is 6.23. The minimum atomic E-state index is -0.783. The molecule has 1 atom stereocenters. The number of nitro benzene ring substituents is 1. The summed E-state index contributed by atoms with van der Waals surface area (Å²) in [7, 11) is 0. The third-order valence-electron chi connectivity index (χ3n) is 3.00. The van der Waals surface area contributed by atoms with E-state index in [-0.39, 0.29) is 17.8 Å². The molecule has 0 saturated carbocycles. The smallest absolute Gasteiger partial charge is 0.273 e. The Morgan fingerprint density at radius 1 is 1.48 bits per heavy atom. The number of carbonyl (C=O) groups is 1. The van der Waals surface area contributed by atoms with E-state index in [0.717, 1.165) is 4.88 Å². The number of rotatable bonds is 5. The predicted octanol–water partition coefficient (Wildman–Crippen LogP) is 2.43. The summed E-state index contributed by atoms with van der Waals surface area (Å²) in [6, 6.07) is 7.88. The van der Waals surface area contributed by atoms with Crippen LogP contribution in [-0.2, 0) is 0 Å². The SMILES string of the molecule is Cc1ccc(C(=O)NCC(O)c2cccs2)cc1[N+](=O)[O-]. The minimum absolute atomic E-state index is 0.0566. The Balaban J connectivity index is 2.04. The highest BCUT2D eigenvalue weighted by Crippen LogP contribution is 2.20. The summed E-state index contributed by atoms with van der Waals surface area (Å²) < 4.78 is 0. The maximum Gasteiger partial charge on any atom is 0.273 e. The number of aryl methyl sites for hydroxylation is 1. The van der Waals surface area contributed by atoms with E-state index >= 15 is 0 Å². The third-order valence-corrected chi connectivity index (χ3v) is 3.97. The highest BCUT2D eigenvalue weighted by molar-refractivity contribution is 7.10. The molecule has 0 bridgehead atoms. The van der Waals surface area contributed by atoms with E-state index in [1.165, 1.54) is 29.5 Å². The largest absolute Gasteiger partial charge is 0.386 e. The molecule has 1 aromatic carbocycles.